The van der Waals surface area contributed by atoms with Crippen molar-refractivity contribution in [3.63, 3.8) is 0 Å². The van der Waals surface area contributed by atoms with Gasteiger partial charge in [-0.1, -0.05) is 114 Å². The molecule has 5 atom stereocenters. The average molecular weight is 821 g/mol. The molecule has 1 fully saturated rings. The third kappa shape index (κ3) is 12.3. The van der Waals surface area contributed by atoms with Gasteiger partial charge >= 0.3 is 12.1 Å². The minimum absolute atomic E-state index is 0.0428. The third-order valence-electron chi connectivity index (χ3n) is 10.7. The fraction of sp³-hybridized carbons (Fsp3) is 0.426. The molecule has 5 N–H and O–H groups in total. The number of aliphatic hydroxyl groups is 1. The lowest BCUT2D eigenvalue weighted by molar-refractivity contribution is -0.131. The quantitative estimate of drug-likeness (QED) is 0.0905. The topological polar surface area (TPSA) is 173 Å². The number of hydrogen-bond acceptors (Lipinski definition) is 8. The molecule has 5 amide bonds. The van der Waals surface area contributed by atoms with Gasteiger partial charge in [0.15, 0.2) is 0 Å². The van der Waals surface area contributed by atoms with Gasteiger partial charge in [-0.3, -0.25) is 14.6 Å². The second-order valence-corrected chi connectivity index (χ2v) is 17.7. The fourth-order valence-electron chi connectivity index (χ4n) is 7.69. The van der Waals surface area contributed by atoms with Crippen LogP contribution in [-0.2, 0) is 33.7 Å². The third-order valence-corrected chi connectivity index (χ3v) is 10.7. The van der Waals surface area contributed by atoms with Gasteiger partial charge in [0.1, 0.15) is 17.8 Å². The van der Waals surface area contributed by atoms with E-state index in [0.717, 1.165) is 27.9 Å². The Balaban J connectivity index is 1.42. The predicted molar refractivity (Wildman–Crippen MR) is 231 cm³/mol. The molecule has 3 aromatic carbocycles. The van der Waals surface area contributed by atoms with Gasteiger partial charge in [-0.15, -0.1) is 0 Å². The number of methoxy groups -OCH3 is 1. The zero-order valence-electron chi connectivity index (χ0n) is 35.7. The molecule has 1 aliphatic rings. The van der Waals surface area contributed by atoms with E-state index in [0.29, 0.717) is 19.5 Å². The Labute approximate surface area is 353 Å². The molecule has 0 radical (unpaired) electrons. The van der Waals surface area contributed by atoms with Crippen molar-refractivity contribution in [1.82, 2.24) is 30.7 Å². The van der Waals surface area contributed by atoms with Crippen molar-refractivity contribution in [3.8, 4) is 17.0 Å². The standard InChI is InChI=1S/C47H60N6O7/c1-46(2,3)40(51-44(58)60-7)42(56)49-35(26-32-19-21-34(22-20-32)37-18-11-12-23-48-37)29-39(55)38(28-31-14-9-8-10-15-31)50-43(57)41(47(4,5)6)53-25-24-52(45(53)59)30-33-16-13-17-36(54)27-33/h8-23,27,35,38-41,54-55H,24-26,28-30H2,1-7H3,(H,49,56)(H,50,57)(H,51,58)/t35-,38-,39-,40+,41+/m0/s1. The van der Waals surface area contributed by atoms with E-state index in [2.05, 4.69) is 20.9 Å². The normalized spacial score (nSPS) is 15.7. The number of amides is 5. The first kappa shape index (κ1) is 45.1. The lowest BCUT2D eigenvalue weighted by atomic mass is 9.84. The van der Waals surface area contributed by atoms with E-state index in [9.17, 15) is 29.4 Å². The summed E-state index contributed by atoms with van der Waals surface area (Å²) in [4.78, 5) is 62.6. The fourth-order valence-corrected chi connectivity index (χ4v) is 7.69. The van der Waals surface area contributed by atoms with Gasteiger partial charge in [0.05, 0.1) is 24.9 Å². The highest BCUT2D eigenvalue weighted by molar-refractivity contribution is 5.89. The van der Waals surface area contributed by atoms with Crippen LogP contribution in [0.4, 0.5) is 9.59 Å². The van der Waals surface area contributed by atoms with Crippen molar-refractivity contribution < 1.29 is 34.1 Å². The zero-order chi connectivity index (χ0) is 43.6. The summed E-state index contributed by atoms with van der Waals surface area (Å²) in [6.45, 7) is 12.2. The maximum Gasteiger partial charge on any atom is 0.407 e. The van der Waals surface area contributed by atoms with Crippen molar-refractivity contribution in [2.24, 2.45) is 10.8 Å². The minimum atomic E-state index is -1.16. The van der Waals surface area contributed by atoms with Crippen LogP contribution in [0, 0.1) is 10.8 Å². The van der Waals surface area contributed by atoms with Gasteiger partial charge in [0.2, 0.25) is 11.8 Å². The summed E-state index contributed by atoms with van der Waals surface area (Å²) in [6.07, 6.45) is 0.469. The number of urea groups is 1. The number of phenolic OH excluding ortho intramolecular Hbond substituents is 1. The number of rotatable bonds is 16. The summed E-state index contributed by atoms with van der Waals surface area (Å²) in [7, 11) is 1.24. The number of nitrogens with zero attached hydrogens (tertiary/aromatic N) is 3. The van der Waals surface area contributed by atoms with Crippen molar-refractivity contribution in [1.29, 1.82) is 0 Å². The molecule has 13 nitrogen and oxygen atoms in total. The summed E-state index contributed by atoms with van der Waals surface area (Å²) >= 11 is 0. The van der Waals surface area contributed by atoms with Crippen LogP contribution in [-0.4, -0.2) is 99.4 Å². The smallest absolute Gasteiger partial charge is 0.407 e. The number of aromatic hydroxyl groups is 1. The number of aliphatic hydroxyl groups excluding tert-OH is 1. The lowest BCUT2D eigenvalue weighted by Gasteiger charge is -2.38. The molecule has 1 aliphatic heterocycles. The molecule has 0 spiro atoms. The van der Waals surface area contributed by atoms with Crippen LogP contribution < -0.4 is 16.0 Å². The number of carbonyl (C=O) groups is 4. The number of nitrogens with one attached hydrogen (secondary N) is 3. The van der Waals surface area contributed by atoms with Gasteiger partial charge < -0.3 is 40.7 Å². The summed E-state index contributed by atoms with van der Waals surface area (Å²) in [5, 5.41) is 31.1. The van der Waals surface area contributed by atoms with Crippen LogP contribution in [0.5, 0.6) is 5.75 Å². The highest BCUT2D eigenvalue weighted by Crippen LogP contribution is 2.30. The minimum Gasteiger partial charge on any atom is -0.508 e. The molecule has 320 valence electrons. The maximum absolute atomic E-state index is 14.6. The molecule has 60 heavy (non-hydrogen) atoms. The molecule has 4 aromatic rings. The number of alkyl carbamates (subject to hydrolysis) is 1. The van der Waals surface area contributed by atoms with E-state index in [4.69, 9.17) is 4.74 Å². The SMILES string of the molecule is COC(=O)N[C@H](C(=O)N[C@@H](Cc1ccc(-c2ccccn2)cc1)C[C@H](O)[C@H](Cc1ccccc1)NC(=O)[C@@H](N1CCN(Cc2cccc(O)c2)C1=O)C(C)(C)C)C(C)(C)C. The van der Waals surface area contributed by atoms with Crippen molar-refractivity contribution in [2.45, 2.75) is 97.6 Å². The lowest BCUT2D eigenvalue weighted by Crippen LogP contribution is -2.59. The molecule has 2 heterocycles. The second-order valence-electron chi connectivity index (χ2n) is 17.7. The van der Waals surface area contributed by atoms with Crippen LogP contribution in [0.2, 0.25) is 0 Å². The van der Waals surface area contributed by atoms with E-state index < -0.39 is 59.0 Å². The van der Waals surface area contributed by atoms with Gasteiger partial charge in [0.25, 0.3) is 0 Å². The molecule has 0 aliphatic carbocycles. The maximum atomic E-state index is 14.6. The number of hydrogen-bond donors (Lipinski definition) is 5. The molecule has 0 bridgehead atoms. The molecular formula is C47H60N6O7. The highest BCUT2D eigenvalue weighted by Gasteiger charge is 2.44. The largest absolute Gasteiger partial charge is 0.508 e. The number of aromatic nitrogens is 1. The Morgan fingerprint density at radius 2 is 1.43 bits per heavy atom. The first-order valence-corrected chi connectivity index (χ1v) is 20.4. The first-order chi connectivity index (χ1) is 28.4. The van der Waals surface area contributed by atoms with Crippen LogP contribution in [0.3, 0.4) is 0 Å². The second kappa shape index (κ2) is 19.9. The Morgan fingerprint density at radius 3 is 2.05 bits per heavy atom. The Morgan fingerprint density at radius 1 is 0.767 bits per heavy atom. The van der Waals surface area contributed by atoms with Gasteiger partial charge in [-0.05, 0) is 71.0 Å². The van der Waals surface area contributed by atoms with Crippen LogP contribution >= 0.6 is 0 Å². The number of benzene rings is 3. The summed E-state index contributed by atoms with van der Waals surface area (Å²) in [6, 6.07) is 26.2. The predicted octanol–water partition coefficient (Wildman–Crippen LogP) is 6.08. The van der Waals surface area contributed by atoms with Crippen molar-refractivity contribution in [3.05, 3.63) is 120 Å². The molecular weight excluding hydrogens is 761 g/mol. The number of carbonyl (C=O) groups excluding carboxylic acids is 4. The van der Waals surface area contributed by atoms with Gasteiger partial charge in [-0.25, -0.2) is 9.59 Å². The summed E-state index contributed by atoms with van der Waals surface area (Å²) < 4.78 is 4.84. The molecule has 1 aromatic heterocycles. The molecule has 13 heteroatoms. The Bertz CT molecular complexity index is 2050. The summed E-state index contributed by atoms with van der Waals surface area (Å²) in [5.41, 5.74) is 2.91. The number of pyridine rings is 1. The summed E-state index contributed by atoms with van der Waals surface area (Å²) in [5.74, 6) is -0.747. The average Bonchev–Trinajstić information content (AvgIpc) is 3.54. The van der Waals surface area contributed by atoms with Crippen LogP contribution in [0.25, 0.3) is 11.3 Å². The van der Waals surface area contributed by atoms with Crippen LogP contribution in [0.15, 0.2) is 103 Å². The van der Waals surface area contributed by atoms with Gasteiger partial charge in [0, 0.05) is 37.4 Å². The van der Waals surface area contributed by atoms with E-state index in [1.165, 1.54) is 7.11 Å². The Hall–Kier alpha value is -5.95. The molecule has 5 rings (SSSR count). The van der Waals surface area contributed by atoms with Crippen molar-refractivity contribution >= 4 is 23.9 Å². The van der Waals surface area contributed by atoms with Gasteiger partial charge in [-0.2, -0.15) is 0 Å². The number of ether oxygens (including phenoxy) is 1. The van der Waals surface area contributed by atoms with Crippen molar-refractivity contribution in [2.75, 3.05) is 20.2 Å². The highest BCUT2D eigenvalue weighted by atomic mass is 16.5. The first-order valence-electron chi connectivity index (χ1n) is 20.4. The Kier molecular flexibility index (Phi) is 14.9. The number of phenols is 1. The van der Waals surface area contributed by atoms with E-state index >= 15 is 0 Å². The molecule has 0 unspecified atom stereocenters. The monoisotopic (exact) mass is 820 g/mol. The van der Waals surface area contributed by atoms with E-state index in [-0.39, 0.29) is 31.2 Å². The molecule has 0 saturated carbocycles. The van der Waals surface area contributed by atoms with Crippen LogP contribution in [0.1, 0.15) is 64.7 Å². The van der Waals surface area contributed by atoms with E-state index in [1.807, 2.05) is 120 Å². The molecule has 1 saturated heterocycles. The zero-order valence-corrected chi connectivity index (χ0v) is 35.7. The van der Waals surface area contributed by atoms with E-state index in [1.54, 1.807) is 34.2 Å².